The lowest BCUT2D eigenvalue weighted by Crippen LogP contribution is -2.29. The van der Waals surface area contributed by atoms with Crippen LogP contribution in [0.15, 0.2) is 91.3 Å². The Morgan fingerprint density at radius 2 is 1.50 bits per heavy atom. The zero-order chi connectivity index (χ0) is 20.8. The van der Waals surface area contributed by atoms with Crippen LogP contribution in [0.3, 0.4) is 0 Å². The summed E-state index contributed by atoms with van der Waals surface area (Å²) in [6, 6.07) is 21.4. The van der Waals surface area contributed by atoms with Gasteiger partial charge in [0.15, 0.2) is 0 Å². The van der Waals surface area contributed by atoms with Crippen molar-refractivity contribution in [2.75, 3.05) is 0 Å². The maximum atomic E-state index is 13.2. The highest BCUT2D eigenvalue weighted by Gasteiger charge is 2.40. The van der Waals surface area contributed by atoms with E-state index in [0.717, 1.165) is 34.4 Å². The maximum absolute atomic E-state index is 13.2. The van der Waals surface area contributed by atoms with Crippen molar-refractivity contribution in [3.05, 3.63) is 119 Å². The fourth-order valence-corrected chi connectivity index (χ4v) is 4.25. The number of allylic oxidation sites excluding steroid dienone is 1. The van der Waals surface area contributed by atoms with Crippen molar-refractivity contribution >= 4 is 6.08 Å². The van der Waals surface area contributed by atoms with Gasteiger partial charge in [-0.15, -0.1) is 0 Å². The number of aromatic nitrogens is 2. The Morgan fingerprint density at radius 1 is 0.800 bits per heavy atom. The first-order valence-electron chi connectivity index (χ1n) is 9.56. The van der Waals surface area contributed by atoms with Gasteiger partial charge in [-0.1, -0.05) is 72.8 Å². The average molecular weight is 402 g/mol. The molecule has 0 aliphatic heterocycles. The predicted octanol–water partition coefficient (Wildman–Crippen LogP) is 6.46. The van der Waals surface area contributed by atoms with Gasteiger partial charge in [-0.2, -0.15) is 13.2 Å². The van der Waals surface area contributed by atoms with Crippen LogP contribution in [-0.4, -0.2) is 9.97 Å². The summed E-state index contributed by atoms with van der Waals surface area (Å²) in [5, 5.41) is 0. The quantitative estimate of drug-likeness (QED) is 0.410. The number of nitrogens with one attached hydrogen (secondary N) is 1. The Hall–Kier alpha value is -3.60. The van der Waals surface area contributed by atoms with E-state index < -0.39 is 17.2 Å². The molecule has 0 amide bonds. The van der Waals surface area contributed by atoms with Gasteiger partial charge in [-0.3, -0.25) is 0 Å². The van der Waals surface area contributed by atoms with Crippen molar-refractivity contribution in [1.82, 2.24) is 9.97 Å². The van der Waals surface area contributed by atoms with Gasteiger partial charge >= 0.3 is 6.18 Å². The van der Waals surface area contributed by atoms with Crippen LogP contribution in [0.5, 0.6) is 0 Å². The van der Waals surface area contributed by atoms with Crippen LogP contribution in [0, 0.1) is 0 Å². The third kappa shape index (κ3) is 2.77. The van der Waals surface area contributed by atoms with E-state index in [1.165, 1.54) is 0 Å². The number of hydrogen-bond acceptors (Lipinski definition) is 1. The molecule has 1 N–H and O–H groups in total. The molecule has 5 rings (SSSR count). The molecule has 0 radical (unpaired) electrons. The second kappa shape index (κ2) is 6.73. The Kier molecular flexibility index (Phi) is 4.13. The van der Waals surface area contributed by atoms with Gasteiger partial charge in [0.2, 0.25) is 0 Å². The Morgan fingerprint density at radius 3 is 2.20 bits per heavy atom. The molecule has 4 aromatic rings. The van der Waals surface area contributed by atoms with Gasteiger partial charge in [0.25, 0.3) is 0 Å². The smallest absolute Gasteiger partial charge is 0.347 e. The SMILES string of the molecule is FC(F)(F)c1ccc(C2(c3ncc[nH]3)C=Cc3ccccc3-c3ccccc32)cc1. The van der Waals surface area contributed by atoms with Crippen LogP contribution in [0.4, 0.5) is 13.2 Å². The number of alkyl halides is 3. The molecule has 1 atom stereocenters. The third-order valence-corrected chi connectivity index (χ3v) is 5.66. The summed E-state index contributed by atoms with van der Waals surface area (Å²) in [5.74, 6) is 0.652. The summed E-state index contributed by atoms with van der Waals surface area (Å²) in [6.07, 6.45) is 3.06. The van der Waals surface area contributed by atoms with E-state index in [9.17, 15) is 13.2 Å². The Labute approximate surface area is 171 Å². The van der Waals surface area contributed by atoms with Crippen molar-refractivity contribution in [2.24, 2.45) is 0 Å². The molecule has 1 aliphatic carbocycles. The molecule has 0 bridgehead atoms. The Bertz CT molecular complexity index is 1220. The minimum atomic E-state index is -4.39. The molecule has 1 heterocycles. The zero-order valence-corrected chi connectivity index (χ0v) is 15.8. The second-order valence-corrected chi connectivity index (χ2v) is 7.29. The van der Waals surface area contributed by atoms with Gasteiger partial charge in [-0.05, 0) is 39.9 Å². The lowest BCUT2D eigenvalue weighted by Gasteiger charge is -2.31. The molecule has 0 saturated carbocycles. The summed E-state index contributed by atoms with van der Waals surface area (Å²) in [6.45, 7) is 0. The number of aromatic amines is 1. The predicted molar refractivity (Wildman–Crippen MR) is 111 cm³/mol. The second-order valence-electron chi connectivity index (χ2n) is 7.29. The van der Waals surface area contributed by atoms with Gasteiger partial charge in [0, 0.05) is 12.4 Å². The van der Waals surface area contributed by atoms with E-state index in [2.05, 4.69) is 16.0 Å². The van der Waals surface area contributed by atoms with Crippen molar-refractivity contribution in [1.29, 1.82) is 0 Å². The van der Waals surface area contributed by atoms with Crippen molar-refractivity contribution < 1.29 is 13.2 Å². The fourth-order valence-electron chi connectivity index (χ4n) is 4.25. The van der Waals surface area contributed by atoms with Gasteiger partial charge in [0.1, 0.15) is 5.82 Å². The van der Waals surface area contributed by atoms with E-state index in [4.69, 9.17) is 0 Å². The molecule has 1 aromatic heterocycles. The van der Waals surface area contributed by atoms with E-state index in [0.29, 0.717) is 11.4 Å². The van der Waals surface area contributed by atoms with Crippen LogP contribution in [0.25, 0.3) is 17.2 Å². The summed E-state index contributed by atoms with van der Waals surface area (Å²) in [4.78, 5) is 7.74. The third-order valence-electron chi connectivity index (χ3n) is 5.66. The van der Waals surface area contributed by atoms with Crippen molar-refractivity contribution in [2.45, 2.75) is 11.6 Å². The molecule has 148 valence electrons. The minimum Gasteiger partial charge on any atom is -0.347 e. The largest absolute Gasteiger partial charge is 0.416 e. The maximum Gasteiger partial charge on any atom is 0.416 e. The van der Waals surface area contributed by atoms with Crippen LogP contribution in [0.1, 0.15) is 28.1 Å². The number of fused-ring (bicyclic) bond motifs is 3. The first-order chi connectivity index (χ1) is 14.5. The topological polar surface area (TPSA) is 28.7 Å². The van der Waals surface area contributed by atoms with E-state index in [1.54, 1.807) is 24.5 Å². The molecule has 0 fully saturated rings. The fraction of sp³-hybridized carbons (Fsp3) is 0.0800. The average Bonchev–Trinajstić information content (AvgIpc) is 3.25. The summed E-state index contributed by atoms with van der Waals surface area (Å²) >= 11 is 0. The van der Waals surface area contributed by atoms with Crippen LogP contribution < -0.4 is 0 Å². The van der Waals surface area contributed by atoms with E-state index >= 15 is 0 Å². The lowest BCUT2D eigenvalue weighted by atomic mass is 9.71. The highest BCUT2D eigenvalue weighted by atomic mass is 19.4. The number of nitrogens with zero attached hydrogens (tertiary/aromatic N) is 1. The number of hydrogen-bond donors (Lipinski definition) is 1. The summed E-state index contributed by atoms with van der Waals surface area (Å²) in [5.41, 5.74) is 3.28. The molecule has 5 heteroatoms. The molecule has 0 saturated heterocycles. The van der Waals surface area contributed by atoms with Gasteiger partial charge in [-0.25, -0.2) is 4.98 Å². The molecule has 1 unspecified atom stereocenters. The molecule has 3 aromatic carbocycles. The molecule has 30 heavy (non-hydrogen) atoms. The summed E-state index contributed by atoms with van der Waals surface area (Å²) < 4.78 is 39.5. The summed E-state index contributed by atoms with van der Waals surface area (Å²) in [7, 11) is 0. The Balaban J connectivity index is 1.83. The van der Waals surface area contributed by atoms with Crippen LogP contribution >= 0.6 is 0 Å². The standard InChI is InChI=1S/C25H17F3N2/c26-25(27,28)19-11-9-18(10-12-19)24(23-29-15-16-30-23)14-13-17-5-1-2-6-20(17)21-7-3-4-8-22(21)24/h1-16H,(H,29,30). The highest BCUT2D eigenvalue weighted by Crippen LogP contribution is 2.47. The van der Waals surface area contributed by atoms with E-state index in [-0.39, 0.29) is 0 Å². The van der Waals surface area contributed by atoms with Gasteiger partial charge in [0.05, 0.1) is 11.0 Å². The number of halogens is 3. The van der Waals surface area contributed by atoms with E-state index in [1.807, 2.05) is 54.6 Å². The number of imidazole rings is 1. The first kappa shape index (κ1) is 18.4. The molecule has 0 spiro atoms. The number of rotatable bonds is 2. The van der Waals surface area contributed by atoms with Crippen molar-refractivity contribution in [3.63, 3.8) is 0 Å². The zero-order valence-electron chi connectivity index (χ0n) is 15.8. The first-order valence-corrected chi connectivity index (χ1v) is 9.56. The number of benzene rings is 3. The normalized spacial score (nSPS) is 17.8. The molecule has 1 aliphatic rings. The number of H-pyrrole nitrogens is 1. The minimum absolute atomic E-state index is 0.652. The molecular weight excluding hydrogens is 385 g/mol. The molecular formula is C25H17F3N2. The molecule has 2 nitrogen and oxygen atoms in total. The van der Waals surface area contributed by atoms with Gasteiger partial charge < -0.3 is 4.98 Å². The highest BCUT2D eigenvalue weighted by molar-refractivity contribution is 5.83. The lowest BCUT2D eigenvalue weighted by molar-refractivity contribution is -0.137. The van der Waals surface area contributed by atoms with Crippen molar-refractivity contribution in [3.8, 4) is 11.1 Å². The van der Waals surface area contributed by atoms with Crippen LogP contribution in [0.2, 0.25) is 0 Å². The van der Waals surface area contributed by atoms with Crippen LogP contribution in [-0.2, 0) is 11.6 Å². The monoisotopic (exact) mass is 402 g/mol.